The Bertz CT molecular complexity index is 359. The Hall–Kier alpha value is -1.85. The second-order valence-electron chi connectivity index (χ2n) is 3.80. The van der Waals surface area contributed by atoms with E-state index >= 15 is 0 Å². The molecule has 0 bridgehead atoms. The molecule has 1 aliphatic rings. The van der Waals surface area contributed by atoms with Crippen LogP contribution in [0, 0.1) is 11.8 Å². The van der Waals surface area contributed by atoms with Gasteiger partial charge in [-0.2, -0.15) is 0 Å². The standard InChI is InChI=1S/C11H14O6/c1-6-8(4-12)7(3-10(13)14)9(5-17-6)11(15)16-2/h4-8H,3H2,1-2H3,(H,13,14)/p-1/t6-,7-,8+/m0/s1. The zero-order valence-corrected chi connectivity index (χ0v) is 9.54. The highest BCUT2D eigenvalue weighted by molar-refractivity contribution is 5.90. The topological polar surface area (TPSA) is 92.7 Å². The monoisotopic (exact) mass is 241 g/mol. The molecular formula is C11H13O6-. The quantitative estimate of drug-likeness (QED) is 0.464. The highest BCUT2D eigenvalue weighted by Crippen LogP contribution is 2.32. The van der Waals surface area contributed by atoms with E-state index in [1.165, 1.54) is 7.11 Å². The van der Waals surface area contributed by atoms with Crippen molar-refractivity contribution >= 4 is 18.2 Å². The summed E-state index contributed by atoms with van der Waals surface area (Å²) in [6, 6.07) is 0. The second kappa shape index (κ2) is 5.47. The van der Waals surface area contributed by atoms with Crippen LogP contribution >= 0.6 is 0 Å². The number of hydrogen-bond donors (Lipinski definition) is 0. The maximum Gasteiger partial charge on any atom is 0.337 e. The van der Waals surface area contributed by atoms with E-state index in [0.717, 1.165) is 6.26 Å². The van der Waals surface area contributed by atoms with Crippen LogP contribution in [0.2, 0.25) is 0 Å². The normalized spacial score (nSPS) is 27.6. The molecule has 0 N–H and O–H groups in total. The lowest BCUT2D eigenvalue weighted by Crippen LogP contribution is -2.39. The average Bonchev–Trinajstić information content (AvgIpc) is 2.28. The Balaban J connectivity index is 3.04. The molecule has 6 heteroatoms. The van der Waals surface area contributed by atoms with Crippen LogP contribution < -0.4 is 5.11 Å². The molecule has 1 heterocycles. The van der Waals surface area contributed by atoms with Gasteiger partial charge in [0.25, 0.3) is 0 Å². The molecule has 0 aliphatic carbocycles. The number of carbonyl (C=O) groups is 3. The molecule has 0 aromatic rings. The van der Waals surface area contributed by atoms with Crippen LogP contribution in [0.25, 0.3) is 0 Å². The molecule has 0 amide bonds. The smallest absolute Gasteiger partial charge is 0.337 e. The van der Waals surface area contributed by atoms with Gasteiger partial charge in [0, 0.05) is 11.9 Å². The van der Waals surface area contributed by atoms with Crippen molar-refractivity contribution in [2.75, 3.05) is 7.11 Å². The molecule has 0 saturated heterocycles. The van der Waals surface area contributed by atoms with E-state index in [1.54, 1.807) is 6.92 Å². The van der Waals surface area contributed by atoms with Gasteiger partial charge in [-0.05, 0) is 13.3 Å². The van der Waals surface area contributed by atoms with E-state index in [1.807, 2.05) is 0 Å². The number of methoxy groups -OCH3 is 1. The van der Waals surface area contributed by atoms with Crippen molar-refractivity contribution in [2.45, 2.75) is 19.4 Å². The van der Waals surface area contributed by atoms with Crippen molar-refractivity contribution < 1.29 is 29.0 Å². The molecule has 94 valence electrons. The van der Waals surface area contributed by atoms with Gasteiger partial charge in [0.2, 0.25) is 0 Å². The zero-order valence-electron chi connectivity index (χ0n) is 9.54. The summed E-state index contributed by atoms with van der Waals surface area (Å²) in [5.74, 6) is -3.50. The first-order chi connectivity index (χ1) is 8.01. The van der Waals surface area contributed by atoms with Crippen molar-refractivity contribution in [3.8, 4) is 0 Å². The van der Waals surface area contributed by atoms with Crippen LogP contribution in [-0.4, -0.2) is 31.4 Å². The maximum absolute atomic E-state index is 11.4. The van der Waals surface area contributed by atoms with Crippen LogP contribution in [0.4, 0.5) is 0 Å². The minimum absolute atomic E-state index is 0.0481. The molecule has 0 radical (unpaired) electrons. The van der Waals surface area contributed by atoms with E-state index in [2.05, 4.69) is 4.74 Å². The molecular weight excluding hydrogens is 228 g/mol. The largest absolute Gasteiger partial charge is 0.550 e. The number of carbonyl (C=O) groups excluding carboxylic acids is 3. The minimum Gasteiger partial charge on any atom is -0.550 e. The third-order valence-corrected chi connectivity index (χ3v) is 2.78. The van der Waals surface area contributed by atoms with Crippen molar-refractivity contribution in [2.24, 2.45) is 11.8 Å². The van der Waals surface area contributed by atoms with Crippen molar-refractivity contribution in [1.82, 2.24) is 0 Å². The van der Waals surface area contributed by atoms with E-state index < -0.39 is 36.3 Å². The van der Waals surface area contributed by atoms with Crippen LogP contribution in [0.1, 0.15) is 13.3 Å². The van der Waals surface area contributed by atoms with Crippen LogP contribution in [-0.2, 0) is 23.9 Å². The summed E-state index contributed by atoms with van der Waals surface area (Å²) in [6.45, 7) is 1.63. The van der Waals surface area contributed by atoms with Crippen molar-refractivity contribution in [1.29, 1.82) is 0 Å². The van der Waals surface area contributed by atoms with Gasteiger partial charge in [0.05, 0.1) is 24.9 Å². The lowest BCUT2D eigenvalue weighted by Gasteiger charge is -2.32. The molecule has 0 aromatic carbocycles. The lowest BCUT2D eigenvalue weighted by atomic mass is 9.80. The van der Waals surface area contributed by atoms with Crippen LogP contribution in [0.3, 0.4) is 0 Å². The van der Waals surface area contributed by atoms with E-state index in [0.29, 0.717) is 6.29 Å². The fraction of sp³-hybridized carbons (Fsp3) is 0.545. The molecule has 1 aliphatic heterocycles. The Kier molecular flexibility index (Phi) is 4.25. The van der Waals surface area contributed by atoms with Crippen molar-refractivity contribution in [3.05, 3.63) is 11.8 Å². The molecule has 0 aromatic heterocycles. The number of ether oxygens (including phenoxy) is 2. The third kappa shape index (κ3) is 2.83. The average molecular weight is 241 g/mol. The van der Waals surface area contributed by atoms with Gasteiger partial charge in [0.1, 0.15) is 12.4 Å². The number of rotatable bonds is 4. The third-order valence-electron chi connectivity index (χ3n) is 2.78. The number of carboxylic acid groups (broad SMARTS) is 1. The van der Waals surface area contributed by atoms with Gasteiger partial charge in [-0.25, -0.2) is 4.79 Å². The summed E-state index contributed by atoms with van der Waals surface area (Å²) in [5, 5.41) is 10.6. The number of carboxylic acids is 1. The lowest BCUT2D eigenvalue weighted by molar-refractivity contribution is -0.306. The molecule has 6 nitrogen and oxygen atoms in total. The number of esters is 1. The maximum atomic E-state index is 11.4. The minimum atomic E-state index is -1.33. The van der Waals surface area contributed by atoms with Gasteiger partial charge in [-0.15, -0.1) is 0 Å². The second-order valence-corrected chi connectivity index (χ2v) is 3.80. The number of aliphatic carboxylic acids is 1. The molecule has 0 fully saturated rings. The predicted octanol–water partition coefficient (Wildman–Crippen LogP) is -0.967. The van der Waals surface area contributed by atoms with E-state index in [-0.39, 0.29) is 5.57 Å². The van der Waals surface area contributed by atoms with Crippen molar-refractivity contribution in [3.63, 3.8) is 0 Å². The summed E-state index contributed by atoms with van der Waals surface area (Å²) in [4.78, 5) is 33.0. The van der Waals surface area contributed by atoms with Gasteiger partial charge in [-0.1, -0.05) is 0 Å². The molecule has 0 spiro atoms. The predicted molar refractivity (Wildman–Crippen MR) is 53.3 cm³/mol. The molecule has 17 heavy (non-hydrogen) atoms. The van der Waals surface area contributed by atoms with Gasteiger partial charge in [0.15, 0.2) is 0 Å². The van der Waals surface area contributed by atoms with E-state index in [9.17, 15) is 19.5 Å². The van der Waals surface area contributed by atoms with Gasteiger partial charge in [-0.3, -0.25) is 0 Å². The Morgan fingerprint density at radius 3 is 2.71 bits per heavy atom. The van der Waals surface area contributed by atoms with Crippen LogP contribution in [0.5, 0.6) is 0 Å². The Labute approximate surface area is 98.2 Å². The zero-order chi connectivity index (χ0) is 13.0. The van der Waals surface area contributed by atoms with Gasteiger partial charge < -0.3 is 24.2 Å². The van der Waals surface area contributed by atoms with E-state index in [4.69, 9.17) is 4.74 Å². The highest BCUT2D eigenvalue weighted by atomic mass is 16.5. The SMILES string of the molecule is COC(=O)C1=CO[C@@H](C)[C@@H](C=O)[C@@H]1CC(=O)[O-]. The molecule has 0 saturated carbocycles. The molecule has 0 unspecified atom stereocenters. The molecule has 3 atom stereocenters. The fourth-order valence-corrected chi connectivity index (χ4v) is 1.84. The fourth-order valence-electron chi connectivity index (χ4n) is 1.84. The first-order valence-corrected chi connectivity index (χ1v) is 5.10. The summed E-state index contributed by atoms with van der Waals surface area (Å²) in [6.07, 6.45) is 0.848. The first kappa shape index (κ1) is 13.2. The Morgan fingerprint density at radius 2 is 2.24 bits per heavy atom. The number of aldehydes is 1. The first-order valence-electron chi connectivity index (χ1n) is 5.10. The summed E-state index contributed by atoms with van der Waals surface area (Å²) >= 11 is 0. The summed E-state index contributed by atoms with van der Waals surface area (Å²) in [7, 11) is 1.17. The van der Waals surface area contributed by atoms with Gasteiger partial charge >= 0.3 is 5.97 Å². The Morgan fingerprint density at radius 1 is 1.59 bits per heavy atom. The summed E-state index contributed by atoms with van der Waals surface area (Å²) in [5.41, 5.74) is 0.0481. The molecule has 1 rings (SSSR count). The number of hydrogen-bond acceptors (Lipinski definition) is 6. The highest BCUT2D eigenvalue weighted by Gasteiger charge is 2.37. The van der Waals surface area contributed by atoms with Crippen LogP contribution in [0.15, 0.2) is 11.8 Å². The summed E-state index contributed by atoms with van der Waals surface area (Å²) < 4.78 is 9.63.